The number of rotatable bonds is 6. The van der Waals surface area contributed by atoms with Crippen LogP contribution >= 0.6 is 0 Å². The molecule has 8 nitrogen and oxygen atoms in total. The number of nitrogens with zero attached hydrogens (tertiary/aromatic N) is 5. The highest BCUT2D eigenvalue weighted by Crippen LogP contribution is 2.17. The number of amides is 1. The molecule has 0 saturated heterocycles. The van der Waals surface area contributed by atoms with Gasteiger partial charge < -0.3 is 14.2 Å². The molecule has 1 N–H and O–H groups in total. The molecule has 1 aromatic carbocycles. The Hall–Kier alpha value is -3.23. The number of benzene rings is 1. The van der Waals surface area contributed by atoms with E-state index in [9.17, 15) is 9.18 Å². The van der Waals surface area contributed by atoms with Crippen molar-refractivity contribution in [2.45, 2.75) is 13.2 Å². The molecule has 0 radical (unpaired) electrons. The van der Waals surface area contributed by atoms with Crippen molar-refractivity contribution < 1.29 is 13.9 Å². The minimum Gasteiger partial charge on any atom is -0.484 e. The highest BCUT2D eigenvalue weighted by atomic mass is 19.1. The van der Waals surface area contributed by atoms with Crippen molar-refractivity contribution in [3.05, 3.63) is 59.7 Å². The molecule has 0 aliphatic carbocycles. The van der Waals surface area contributed by atoms with E-state index < -0.39 is 5.82 Å². The predicted octanol–water partition coefficient (Wildman–Crippen LogP) is 1.53. The van der Waals surface area contributed by atoms with E-state index in [2.05, 4.69) is 20.4 Å². The maximum Gasteiger partial charge on any atom is 0.274 e. The van der Waals surface area contributed by atoms with Crippen LogP contribution in [0.25, 0.3) is 0 Å². The molecule has 0 saturated carbocycles. The Bertz CT molecular complexity index is 875. The zero-order chi connectivity index (χ0) is 17.8. The number of aromatic nitrogens is 5. The first-order valence-corrected chi connectivity index (χ1v) is 7.54. The molecular formula is C16H17FN6O2. The second kappa shape index (κ2) is 7.12. The highest BCUT2D eigenvalue weighted by Gasteiger charge is 2.17. The van der Waals surface area contributed by atoms with Gasteiger partial charge in [-0.25, -0.2) is 4.39 Å². The van der Waals surface area contributed by atoms with E-state index in [0.717, 1.165) is 0 Å². The molecule has 9 heteroatoms. The Kier molecular flexibility index (Phi) is 4.73. The number of para-hydroxylation sites is 1. The molecule has 0 atom stereocenters. The standard InChI is InChI=1S/C16H17FN6O2/c1-22(8-15-21-18-10-23(15)2)16(24)13-7-11(19-20-13)9-25-14-6-4-3-5-12(14)17/h3-7,10H,8-9H2,1-2H3,(H,19,20). The molecular weight excluding hydrogens is 327 g/mol. The SMILES string of the molecule is CN(Cc1nncn1C)C(=O)c1cc(COc2ccccc2F)[nH]n1. The van der Waals surface area contributed by atoms with Gasteiger partial charge in [0.15, 0.2) is 23.1 Å². The third kappa shape index (κ3) is 3.82. The molecule has 130 valence electrons. The average molecular weight is 344 g/mol. The van der Waals surface area contributed by atoms with Crippen LogP contribution in [-0.4, -0.2) is 42.8 Å². The first-order valence-electron chi connectivity index (χ1n) is 7.54. The van der Waals surface area contributed by atoms with Crippen LogP contribution in [0.15, 0.2) is 36.7 Å². The second-order valence-corrected chi connectivity index (χ2v) is 5.52. The fourth-order valence-corrected chi connectivity index (χ4v) is 2.19. The number of carbonyl (C=O) groups is 1. The minimum absolute atomic E-state index is 0.0776. The van der Waals surface area contributed by atoms with E-state index in [1.165, 1.54) is 17.0 Å². The summed E-state index contributed by atoms with van der Waals surface area (Å²) in [6, 6.07) is 7.70. The third-order valence-corrected chi connectivity index (χ3v) is 3.60. The van der Waals surface area contributed by atoms with Gasteiger partial charge in [-0.2, -0.15) is 5.10 Å². The van der Waals surface area contributed by atoms with Crippen LogP contribution in [0.5, 0.6) is 5.75 Å². The Morgan fingerprint density at radius 2 is 2.20 bits per heavy atom. The van der Waals surface area contributed by atoms with Crippen LogP contribution in [0, 0.1) is 5.82 Å². The summed E-state index contributed by atoms with van der Waals surface area (Å²) in [7, 11) is 3.46. The molecule has 0 fully saturated rings. The van der Waals surface area contributed by atoms with Gasteiger partial charge in [-0.1, -0.05) is 12.1 Å². The summed E-state index contributed by atoms with van der Waals surface area (Å²) < 4.78 is 20.6. The van der Waals surface area contributed by atoms with Gasteiger partial charge in [-0.15, -0.1) is 10.2 Å². The van der Waals surface area contributed by atoms with Crippen LogP contribution in [0.1, 0.15) is 22.0 Å². The van der Waals surface area contributed by atoms with E-state index >= 15 is 0 Å². The zero-order valence-electron chi connectivity index (χ0n) is 13.8. The first kappa shape index (κ1) is 16.6. The lowest BCUT2D eigenvalue weighted by Gasteiger charge is -2.14. The Labute approximate surface area is 143 Å². The van der Waals surface area contributed by atoms with Gasteiger partial charge in [0, 0.05) is 14.1 Å². The van der Waals surface area contributed by atoms with Crippen LogP contribution in [0.4, 0.5) is 4.39 Å². The highest BCUT2D eigenvalue weighted by molar-refractivity contribution is 5.92. The normalized spacial score (nSPS) is 10.7. The molecule has 0 aliphatic rings. The number of H-pyrrole nitrogens is 1. The molecule has 0 spiro atoms. The number of carbonyl (C=O) groups excluding carboxylic acids is 1. The van der Waals surface area contributed by atoms with Crippen molar-refractivity contribution in [2.24, 2.45) is 7.05 Å². The van der Waals surface area contributed by atoms with E-state index in [0.29, 0.717) is 18.1 Å². The molecule has 0 bridgehead atoms. The smallest absolute Gasteiger partial charge is 0.274 e. The number of aryl methyl sites for hydroxylation is 1. The Morgan fingerprint density at radius 3 is 2.92 bits per heavy atom. The quantitative estimate of drug-likeness (QED) is 0.732. The minimum atomic E-state index is -0.443. The molecule has 0 aliphatic heterocycles. The van der Waals surface area contributed by atoms with Gasteiger partial charge >= 0.3 is 0 Å². The summed E-state index contributed by atoms with van der Waals surface area (Å²) >= 11 is 0. The van der Waals surface area contributed by atoms with E-state index in [-0.39, 0.29) is 24.0 Å². The lowest BCUT2D eigenvalue weighted by Crippen LogP contribution is -2.27. The number of ether oxygens (including phenoxy) is 1. The number of halogens is 1. The largest absolute Gasteiger partial charge is 0.484 e. The van der Waals surface area contributed by atoms with Gasteiger partial charge in [0.05, 0.1) is 12.2 Å². The predicted molar refractivity (Wildman–Crippen MR) is 86.1 cm³/mol. The van der Waals surface area contributed by atoms with Crippen molar-refractivity contribution in [2.75, 3.05) is 7.05 Å². The zero-order valence-corrected chi connectivity index (χ0v) is 13.8. The van der Waals surface area contributed by atoms with E-state index in [4.69, 9.17) is 4.74 Å². The van der Waals surface area contributed by atoms with Crippen LogP contribution < -0.4 is 4.74 Å². The van der Waals surface area contributed by atoms with E-state index in [1.54, 1.807) is 43.2 Å². The third-order valence-electron chi connectivity index (χ3n) is 3.60. The molecule has 1 amide bonds. The van der Waals surface area contributed by atoms with Crippen molar-refractivity contribution in [1.82, 2.24) is 29.9 Å². The Balaban J connectivity index is 1.61. The summed E-state index contributed by atoms with van der Waals surface area (Å²) in [5.41, 5.74) is 0.815. The number of nitrogens with one attached hydrogen (secondary N) is 1. The summed E-state index contributed by atoms with van der Waals surface area (Å²) in [6.45, 7) is 0.386. The topological polar surface area (TPSA) is 88.9 Å². The summed E-state index contributed by atoms with van der Waals surface area (Å²) in [5, 5.41) is 14.4. The fourth-order valence-electron chi connectivity index (χ4n) is 2.19. The van der Waals surface area contributed by atoms with Gasteiger partial charge in [0.1, 0.15) is 12.9 Å². The van der Waals surface area contributed by atoms with Gasteiger partial charge in [0.2, 0.25) is 0 Å². The van der Waals surface area contributed by atoms with Gasteiger partial charge in [-0.3, -0.25) is 9.89 Å². The molecule has 2 heterocycles. The summed E-state index contributed by atoms with van der Waals surface area (Å²) in [4.78, 5) is 13.9. The van der Waals surface area contributed by atoms with Gasteiger partial charge in [-0.05, 0) is 18.2 Å². The van der Waals surface area contributed by atoms with Crippen molar-refractivity contribution >= 4 is 5.91 Å². The van der Waals surface area contributed by atoms with Crippen molar-refractivity contribution in [1.29, 1.82) is 0 Å². The lowest BCUT2D eigenvalue weighted by atomic mass is 10.3. The second-order valence-electron chi connectivity index (χ2n) is 5.52. The van der Waals surface area contributed by atoms with Crippen LogP contribution in [0.2, 0.25) is 0 Å². The molecule has 25 heavy (non-hydrogen) atoms. The van der Waals surface area contributed by atoms with Crippen LogP contribution in [-0.2, 0) is 20.2 Å². The molecule has 3 aromatic rings. The fraction of sp³-hybridized carbons (Fsp3) is 0.250. The first-order chi connectivity index (χ1) is 12.0. The molecule has 2 aromatic heterocycles. The Morgan fingerprint density at radius 1 is 1.40 bits per heavy atom. The van der Waals surface area contributed by atoms with E-state index in [1.807, 2.05) is 0 Å². The molecule has 0 unspecified atom stereocenters. The lowest BCUT2D eigenvalue weighted by molar-refractivity contribution is 0.0774. The van der Waals surface area contributed by atoms with Crippen LogP contribution in [0.3, 0.4) is 0 Å². The summed E-state index contributed by atoms with van der Waals surface area (Å²) in [6.07, 6.45) is 1.57. The summed E-state index contributed by atoms with van der Waals surface area (Å²) in [5.74, 6) is 0.0944. The average Bonchev–Trinajstić information content (AvgIpc) is 3.23. The molecule has 3 rings (SSSR count). The maximum absolute atomic E-state index is 13.5. The van der Waals surface area contributed by atoms with Gasteiger partial charge in [0.25, 0.3) is 5.91 Å². The van der Waals surface area contributed by atoms with Crippen molar-refractivity contribution in [3.8, 4) is 5.75 Å². The monoisotopic (exact) mass is 344 g/mol. The maximum atomic E-state index is 13.5. The number of hydrogen-bond donors (Lipinski definition) is 1. The number of aromatic amines is 1. The van der Waals surface area contributed by atoms with Crippen molar-refractivity contribution in [3.63, 3.8) is 0 Å². The number of hydrogen-bond acceptors (Lipinski definition) is 5.